The number of aromatic nitrogens is 5. The highest BCUT2D eigenvalue weighted by atomic mass is 19.1. The molecule has 3 aromatic heterocycles. The summed E-state index contributed by atoms with van der Waals surface area (Å²) in [6.45, 7) is 5.92. The second-order valence-corrected chi connectivity index (χ2v) is 12.6. The molecule has 52 heavy (non-hydrogen) atoms. The normalized spacial score (nSPS) is 16.0. The molecule has 0 fully saturated rings. The molecular weight excluding hydrogens is 642 g/mol. The summed E-state index contributed by atoms with van der Waals surface area (Å²) in [5, 5.41) is 0. The minimum Gasteiger partial charge on any atom is -0.256 e. The number of alkyl halides is 1. The predicted molar refractivity (Wildman–Crippen MR) is 208 cm³/mol. The van der Waals surface area contributed by atoms with E-state index < -0.39 is 5.67 Å². The lowest BCUT2D eigenvalue weighted by molar-refractivity contribution is 0.256. The van der Waals surface area contributed by atoms with Crippen molar-refractivity contribution in [1.82, 2.24) is 24.9 Å². The second-order valence-electron chi connectivity index (χ2n) is 12.6. The van der Waals surface area contributed by atoms with Gasteiger partial charge in [0, 0.05) is 39.6 Å². The maximum Gasteiger partial charge on any atom is 0.164 e. The van der Waals surface area contributed by atoms with Crippen molar-refractivity contribution < 1.29 is 4.39 Å². The van der Waals surface area contributed by atoms with Gasteiger partial charge in [0.15, 0.2) is 23.1 Å². The predicted octanol–water partition coefficient (Wildman–Crippen LogP) is 10.8. The van der Waals surface area contributed by atoms with Gasteiger partial charge in [0.2, 0.25) is 0 Å². The lowest BCUT2D eigenvalue weighted by atomic mass is 9.93. The molecule has 2 aliphatic carbocycles. The van der Waals surface area contributed by atoms with Crippen LogP contribution in [0.15, 0.2) is 176 Å². The van der Waals surface area contributed by atoms with Crippen molar-refractivity contribution in [1.29, 1.82) is 0 Å². The van der Waals surface area contributed by atoms with E-state index >= 15 is 4.39 Å². The number of halogens is 1. The van der Waals surface area contributed by atoms with E-state index in [1.165, 1.54) is 0 Å². The van der Waals surface area contributed by atoms with Crippen LogP contribution in [0.25, 0.3) is 62.6 Å². The van der Waals surface area contributed by atoms with Crippen LogP contribution in [0, 0.1) is 0 Å². The molecule has 0 radical (unpaired) electrons. The smallest absolute Gasteiger partial charge is 0.164 e. The van der Waals surface area contributed by atoms with Crippen molar-refractivity contribution in [2.45, 2.75) is 12.6 Å². The molecule has 0 saturated carbocycles. The van der Waals surface area contributed by atoms with Crippen molar-refractivity contribution in [3.63, 3.8) is 0 Å². The average Bonchev–Trinajstić information content (AvgIpc) is 3.34. The molecule has 3 heterocycles. The third-order valence-corrected chi connectivity index (χ3v) is 9.06. The number of hydrogen-bond acceptors (Lipinski definition) is 5. The lowest BCUT2D eigenvalue weighted by Crippen LogP contribution is -2.14. The van der Waals surface area contributed by atoms with Crippen LogP contribution < -0.4 is 0 Å². The molecule has 0 bridgehead atoms. The van der Waals surface area contributed by atoms with Gasteiger partial charge >= 0.3 is 0 Å². The lowest BCUT2D eigenvalue weighted by Gasteiger charge is -2.18. The fraction of sp³-hybridized carbons (Fsp3) is 0.0435. The second kappa shape index (κ2) is 13.8. The number of pyridine rings is 2. The van der Waals surface area contributed by atoms with Gasteiger partial charge in [0.1, 0.15) is 0 Å². The highest BCUT2D eigenvalue weighted by Crippen LogP contribution is 2.45. The van der Waals surface area contributed by atoms with Gasteiger partial charge < -0.3 is 0 Å². The first kappa shape index (κ1) is 32.3. The Kier molecular flexibility index (Phi) is 8.58. The first-order chi connectivity index (χ1) is 25.4. The van der Waals surface area contributed by atoms with Crippen LogP contribution in [0.4, 0.5) is 4.39 Å². The van der Waals surface area contributed by atoms with E-state index in [2.05, 4.69) is 17.3 Å². The molecule has 1 atom stereocenters. The molecule has 3 aromatic carbocycles. The molecule has 0 aliphatic heterocycles. The van der Waals surface area contributed by atoms with Gasteiger partial charge in [-0.25, -0.2) is 24.3 Å². The van der Waals surface area contributed by atoms with E-state index in [9.17, 15) is 0 Å². The third-order valence-electron chi connectivity index (χ3n) is 9.06. The van der Waals surface area contributed by atoms with E-state index in [-0.39, 0.29) is 0 Å². The Morgan fingerprint density at radius 2 is 1.40 bits per heavy atom. The summed E-state index contributed by atoms with van der Waals surface area (Å²) in [6.07, 6.45) is 16.9. The first-order valence-corrected chi connectivity index (χ1v) is 17.0. The molecule has 0 N–H and O–H groups in total. The van der Waals surface area contributed by atoms with E-state index in [4.69, 9.17) is 19.9 Å². The molecule has 6 aromatic rings. The van der Waals surface area contributed by atoms with Crippen LogP contribution in [0.1, 0.15) is 29.4 Å². The number of rotatable bonds is 8. The minimum atomic E-state index is -1.73. The van der Waals surface area contributed by atoms with Gasteiger partial charge in [-0.05, 0) is 72.2 Å². The summed E-state index contributed by atoms with van der Waals surface area (Å²) < 4.78 is 16.6. The Morgan fingerprint density at radius 1 is 0.712 bits per heavy atom. The Balaban J connectivity index is 1.14. The van der Waals surface area contributed by atoms with Gasteiger partial charge in [-0.3, -0.25) is 4.98 Å². The van der Waals surface area contributed by atoms with Crippen molar-refractivity contribution in [3.05, 3.63) is 198 Å². The molecule has 8 rings (SSSR count). The number of hydrogen-bond donors (Lipinski definition) is 0. The Bertz CT molecular complexity index is 2460. The molecule has 0 saturated heterocycles. The van der Waals surface area contributed by atoms with E-state index in [0.717, 1.165) is 44.8 Å². The zero-order chi connectivity index (χ0) is 35.5. The number of allylic oxidation sites excluding steroid dienone is 9. The van der Waals surface area contributed by atoms with Crippen LogP contribution in [0.5, 0.6) is 0 Å². The quantitative estimate of drug-likeness (QED) is 0.119. The van der Waals surface area contributed by atoms with Crippen molar-refractivity contribution in [2.75, 3.05) is 0 Å². The Morgan fingerprint density at radius 3 is 2.10 bits per heavy atom. The summed E-state index contributed by atoms with van der Waals surface area (Å²) >= 11 is 0. The summed E-state index contributed by atoms with van der Waals surface area (Å²) in [7, 11) is 0. The monoisotopic (exact) mass is 673 g/mol. The maximum atomic E-state index is 16.6. The zero-order valence-corrected chi connectivity index (χ0v) is 28.4. The molecule has 0 amide bonds. The third kappa shape index (κ3) is 6.54. The van der Waals surface area contributed by atoms with E-state index in [0.29, 0.717) is 39.9 Å². The van der Waals surface area contributed by atoms with Crippen molar-refractivity contribution >= 4 is 17.2 Å². The van der Waals surface area contributed by atoms with Crippen LogP contribution in [-0.4, -0.2) is 24.9 Å². The van der Waals surface area contributed by atoms with Gasteiger partial charge in [0.25, 0.3) is 0 Å². The molecular formula is C46H32FN5. The largest absolute Gasteiger partial charge is 0.256 e. The summed E-state index contributed by atoms with van der Waals surface area (Å²) in [4.78, 5) is 24.0. The Hall–Kier alpha value is -6.88. The Labute approximate surface area is 302 Å². The molecule has 248 valence electrons. The molecule has 1 unspecified atom stereocenters. The zero-order valence-electron chi connectivity index (χ0n) is 28.4. The summed E-state index contributed by atoms with van der Waals surface area (Å²) in [5.74, 6) is 1.66. The van der Waals surface area contributed by atoms with E-state index in [1.807, 2.05) is 152 Å². The molecule has 0 spiro atoms. The number of benzene rings is 3. The SMILES string of the molecule is C=C(/C=C\C1=Cc2cc(-c3nc(-c4ccccc4)nc(-c4ccccc4)n3)ccc2C1(C)F)c1cc(-c2ccccn2)cc(C2=CC=CC=C=C2)n1. The molecule has 5 nitrogen and oxygen atoms in total. The average molecular weight is 674 g/mol. The molecule has 2 aliphatic rings. The number of fused-ring (bicyclic) bond motifs is 1. The standard InChI is InChI=1S/C46H32FN5/c1-31(41-29-37(40-21-13-14-26-48-40)30-42(49-41)32-15-7-3-4-8-16-32)22-24-38-28-36-27-35(23-25-39(36)46(38,2)47)45-51-43(33-17-9-5-10-18-33)50-44(52-45)34-19-11-6-12-20-34/h3-7,9-30H,1H2,2H3/b24-22-. The van der Waals surface area contributed by atoms with Crippen LogP contribution in [0.2, 0.25) is 0 Å². The van der Waals surface area contributed by atoms with Crippen LogP contribution in [-0.2, 0) is 5.67 Å². The highest BCUT2D eigenvalue weighted by Gasteiger charge is 2.36. The maximum absolute atomic E-state index is 16.6. The molecule has 6 heteroatoms. The van der Waals surface area contributed by atoms with Crippen molar-refractivity contribution in [3.8, 4) is 45.4 Å². The fourth-order valence-corrected chi connectivity index (χ4v) is 6.27. The van der Waals surface area contributed by atoms with Gasteiger partial charge in [-0.2, -0.15) is 0 Å². The topological polar surface area (TPSA) is 64.5 Å². The fourth-order valence-electron chi connectivity index (χ4n) is 6.27. The minimum absolute atomic E-state index is 0.511. The van der Waals surface area contributed by atoms with Crippen LogP contribution in [0.3, 0.4) is 0 Å². The van der Waals surface area contributed by atoms with Gasteiger partial charge in [-0.15, -0.1) is 5.73 Å². The number of nitrogens with zero attached hydrogens (tertiary/aromatic N) is 5. The van der Waals surface area contributed by atoms with Gasteiger partial charge in [0.05, 0.1) is 17.1 Å². The summed E-state index contributed by atoms with van der Waals surface area (Å²) in [5.41, 5.74) is 10.5. The van der Waals surface area contributed by atoms with Crippen molar-refractivity contribution in [2.24, 2.45) is 0 Å². The van der Waals surface area contributed by atoms with Gasteiger partial charge in [-0.1, -0.05) is 116 Å². The highest BCUT2D eigenvalue weighted by molar-refractivity contribution is 5.82. The van der Waals surface area contributed by atoms with Crippen LogP contribution >= 0.6 is 0 Å². The summed E-state index contributed by atoms with van der Waals surface area (Å²) in [6, 6.07) is 35.1. The van der Waals surface area contributed by atoms with E-state index in [1.54, 1.807) is 19.2 Å². The first-order valence-electron chi connectivity index (χ1n) is 17.0.